The Morgan fingerprint density at radius 1 is 0.692 bits per heavy atom. The van der Waals surface area contributed by atoms with Crippen LogP contribution in [0.15, 0.2) is 114 Å². The van der Waals surface area contributed by atoms with Crippen LogP contribution in [-0.2, 0) is 29.0 Å². The van der Waals surface area contributed by atoms with Crippen LogP contribution in [-0.4, -0.2) is 19.7 Å². The molecule has 0 fully saturated rings. The van der Waals surface area contributed by atoms with Crippen molar-refractivity contribution in [1.82, 2.24) is 0 Å². The topological polar surface area (TPSA) is 44.8 Å². The Morgan fingerprint density at radius 2 is 1.23 bits per heavy atom. The molecule has 0 unspecified atom stereocenters. The minimum Gasteiger partial charge on any atom is -0.489 e. The molecule has 0 aliphatic carbocycles. The van der Waals surface area contributed by atoms with E-state index in [1.54, 1.807) is 0 Å². The van der Waals surface area contributed by atoms with Gasteiger partial charge in [0.05, 0.1) is 11.6 Å². The summed E-state index contributed by atoms with van der Waals surface area (Å²) in [5.74, 6) is 1.00. The summed E-state index contributed by atoms with van der Waals surface area (Å²) in [5.41, 5.74) is 5.54. The van der Waals surface area contributed by atoms with Gasteiger partial charge in [-0.1, -0.05) is 91.0 Å². The monoisotopic (exact) mass is 580 g/mol. The molecular formula is C34H29BrO4. The molecule has 5 aromatic carbocycles. The third kappa shape index (κ3) is 6.68. The highest BCUT2D eigenvalue weighted by Crippen LogP contribution is 2.41. The fourth-order valence-electron chi connectivity index (χ4n) is 4.59. The Kier molecular flexibility index (Phi) is 8.59. The van der Waals surface area contributed by atoms with Crippen molar-refractivity contribution < 1.29 is 19.0 Å². The third-order valence-electron chi connectivity index (χ3n) is 6.56. The second-order valence-corrected chi connectivity index (χ2v) is 10.1. The predicted octanol–water partition coefficient (Wildman–Crippen LogP) is 7.91. The van der Waals surface area contributed by atoms with Crippen molar-refractivity contribution in [2.24, 2.45) is 0 Å². The van der Waals surface area contributed by atoms with Crippen molar-refractivity contribution >= 4 is 32.7 Å². The fourth-order valence-corrected chi connectivity index (χ4v) is 5.30. The van der Waals surface area contributed by atoms with Crippen molar-refractivity contribution in [3.05, 3.63) is 141 Å². The van der Waals surface area contributed by atoms with Crippen molar-refractivity contribution in [1.29, 1.82) is 0 Å². The van der Waals surface area contributed by atoms with Crippen LogP contribution in [0.5, 0.6) is 11.5 Å². The maximum absolute atomic E-state index is 11.9. The number of methoxy groups -OCH3 is 1. The Bertz CT molecular complexity index is 1550. The number of halogens is 1. The lowest BCUT2D eigenvalue weighted by molar-refractivity contribution is -0.142. The number of esters is 1. The first kappa shape index (κ1) is 26.5. The average Bonchev–Trinajstić information content (AvgIpc) is 2.97. The molecule has 0 amide bonds. The van der Waals surface area contributed by atoms with Crippen molar-refractivity contribution in [3.8, 4) is 11.5 Å². The van der Waals surface area contributed by atoms with Gasteiger partial charge in [-0.2, -0.15) is 0 Å². The molecule has 0 aliphatic rings. The zero-order valence-corrected chi connectivity index (χ0v) is 23.3. The lowest BCUT2D eigenvalue weighted by Crippen LogP contribution is -2.14. The summed E-state index contributed by atoms with van der Waals surface area (Å²) in [5, 5.41) is 2.02. The number of benzene rings is 5. The second-order valence-electron chi connectivity index (χ2n) is 9.32. The Hall–Kier alpha value is -4.09. The summed E-state index contributed by atoms with van der Waals surface area (Å²) in [6.45, 7) is 0.287. The highest BCUT2D eigenvalue weighted by Gasteiger charge is 2.18. The molecule has 0 radical (unpaired) electrons. The number of hydrogen-bond donors (Lipinski definition) is 0. The first-order valence-electron chi connectivity index (χ1n) is 12.8. The van der Waals surface area contributed by atoms with Crippen LogP contribution >= 0.6 is 15.9 Å². The zero-order valence-electron chi connectivity index (χ0n) is 21.7. The molecule has 196 valence electrons. The highest BCUT2D eigenvalue weighted by molar-refractivity contribution is 9.10. The van der Waals surface area contributed by atoms with Gasteiger partial charge in [0.1, 0.15) is 18.1 Å². The van der Waals surface area contributed by atoms with Gasteiger partial charge >= 0.3 is 5.97 Å². The Labute approximate surface area is 237 Å². The van der Waals surface area contributed by atoms with Gasteiger partial charge < -0.3 is 14.2 Å². The highest BCUT2D eigenvalue weighted by atomic mass is 79.9. The lowest BCUT2D eigenvalue weighted by Gasteiger charge is -2.18. The van der Waals surface area contributed by atoms with Crippen LogP contribution in [0.1, 0.15) is 27.8 Å². The van der Waals surface area contributed by atoms with Crippen LogP contribution in [0, 0.1) is 0 Å². The molecule has 0 atom stereocenters. The number of hydrogen-bond acceptors (Lipinski definition) is 4. The van der Waals surface area contributed by atoms with Crippen molar-refractivity contribution in [2.45, 2.75) is 19.4 Å². The molecule has 5 heteroatoms. The quantitative estimate of drug-likeness (QED) is 0.157. The molecule has 0 saturated carbocycles. The Morgan fingerprint density at radius 3 is 1.82 bits per heavy atom. The van der Waals surface area contributed by atoms with Crippen molar-refractivity contribution in [2.75, 3.05) is 13.7 Å². The summed E-state index contributed by atoms with van der Waals surface area (Å²) >= 11 is 3.81. The van der Waals surface area contributed by atoms with E-state index < -0.39 is 5.97 Å². The van der Waals surface area contributed by atoms with Gasteiger partial charge in [-0.15, -0.1) is 0 Å². The average molecular weight is 582 g/mol. The molecule has 5 aromatic rings. The number of carbonyl (C=O) groups excluding carboxylic acids is 1. The third-order valence-corrected chi connectivity index (χ3v) is 7.35. The summed E-state index contributed by atoms with van der Waals surface area (Å²) < 4.78 is 18.0. The van der Waals surface area contributed by atoms with Crippen LogP contribution in [0.3, 0.4) is 0 Å². The predicted molar refractivity (Wildman–Crippen MR) is 158 cm³/mol. The molecule has 0 N–H and O–H groups in total. The normalized spacial score (nSPS) is 10.8. The van der Waals surface area contributed by atoms with Crippen LogP contribution in [0.25, 0.3) is 10.8 Å². The molecule has 39 heavy (non-hydrogen) atoms. The maximum atomic E-state index is 11.9. The molecule has 0 saturated heterocycles. The molecular weight excluding hydrogens is 552 g/mol. The SMILES string of the molecule is COC(=O)COc1c(Cc2ccccc2)cc2cc(Cc3ccccc3)c(OCc3ccccc3)cc2c1Br. The molecule has 0 heterocycles. The van der Waals surface area contributed by atoms with E-state index in [2.05, 4.69) is 82.7 Å². The first-order valence-corrected chi connectivity index (χ1v) is 13.6. The van der Waals surface area contributed by atoms with Crippen LogP contribution in [0.2, 0.25) is 0 Å². The summed E-state index contributed by atoms with van der Waals surface area (Å²) in [6, 6.07) is 37.2. The van der Waals surface area contributed by atoms with E-state index in [0.29, 0.717) is 18.8 Å². The minimum atomic E-state index is -0.433. The van der Waals surface area contributed by atoms with Gasteiger partial charge in [0.2, 0.25) is 0 Å². The molecule has 0 aliphatic heterocycles. The van der Waals surface area contributed by atoms with E-state index >= 15 is 0 Å². The zero-order chi connectivity index (χ0) is 27.0. The van der Waals surface area contributed by atoms with Gasteiger partial charge in [-0.25, -0.2) is 4.79 Å². The second kappa shape index (κ2) is 12.6. The largest absolute Gasteiger partial charge is 0.489 e. The van der Waals surface area contributed by atoms with Gasteiger partial charge in [-0.3, -0.25) is 0 Å². The number of fused-ring (bicyclic) bond motifs is 1. The molecule has 0 aromatic heterocycles. The van der Waals surface area contributed by atoms with E-state index in [0.717, 1.165) is 49.7 Å². The molecule has 0 spiro atoms. The maximum Gasteiger partial charge on any atom is 0.343 e. The minimum absolute atomic E-state index is 0.175. The van der Waals surface area contributed by atoms with Crippen molar-refractivity contribution in [3.63, 3.8) is 0 Å². The smallest absolute Gasteiger partial charge is 0.343 e. The van der Waals surface area contributed by atoms with Gasteiger partial charge in [0.15, 0.2) is 6.61 Å². The van der Waals surface area contributed by atoms with Gasteiger partial charge in [0, 0.05) is 23.8 Å². The molecule has 5 rings (SSSR count). The van der Waals surface area contributed by atoms with E-state index in [1.807, 2.05) is 42.5 Å². The molecule has 4 nitrogen and oxygen atoms in total. The van der Waals surface area contributed by atoms with E-state index in [9.17, 15) is 4.79 Å². The van der Waals surface area contributed by atoms with Gasteiger partial charge in [0.25, 0.3) is 0 Å². The van der Waals surface area contributed by atoms with E-state index in [4.69, 9.17) is 14.2 Å². The van der Waals surface area contributed by atoms with E-state index in [-0.39, 0.29) is 6.61 Å². The number of ether oxygens (including phenoxy) is 3. The summed E-state index contributed by atoms with van der Waals surface area (Å²) in [4.78, 5) is 11.9. The fraction of sp³-hybridized carbons (Fsp3) is 0.147. The van der Waals surface area contributed by atoms with Crippen LogP contribution in [0.4, 0.5) is 0 Å². The number of carbonyl (C=O) groups is 1. The standard InChI is InChI=1S/C34H29BrO4/c1-37-32(36)23-39-34-29(18-25-13-7-3-8-14-25)20-27-19-28(17-24-11-5-2-6-12-24)31(21-30(27)33(34)35)38-22-26-15-9-4-10-16-26/h2-16,19-21H,17-18,22-23H2,1H3. The summed E-state index contributed by atoms with van der Waals surface area (Å²) in [7, 11) is 1.36. The Balaban J connectivity index is 1.60. The first-order chi connectivity index (χ1) is 19.1. The lowest BCUT2D eigenvalue weighted by atomic mass is 9.96. The van der Waals surface area contributed by atoms with Gasteiger partial charge in [-0.05, 0) is 61.8 Å². The number of rotatable bonds is 10. The summed E-state index contributed by atoms with van der Waals surface area (Å²) in [6.07, 6.45) is 1.40. The van der Waals surface area contributed by atoms with Crippen LogP contribution < -0.4 is 9.47 Å². The molecule has 0 bridgehead atoms. The van der Waals surface area contributed by atoms with E-state index in [1.165, 1.54) is 12.7 Å².